The van der Waals surface area contributed by atoms with Gasteiger partial charge in [-0.1, -0.05) is 164 Å². The summed E-state index contributed by atoms with van der Waals surface area (Å²) < 4.78 is 4.87. The molecule has 11 rings (SSSR count). The van der Waals surface area contributed by atoms with Crippen LogP contribution < -0.4 is 0 Å². The molecule has 5 nitrogen and oxygen atoms in total. The van der Waals surface area contributed by atoms with E-state index in [0.29, 0.717) is 17.5 Å². The van der Waals surface area contributed by atoms with Gasteiger partial charge < -0.3 is 9.13 Å². The Kier molecular flexibility index (Phi) is 7.42. The van der Waals surface area contributed by atoms with Gasteiger partial charge in [0.15, 0.2) is 17.5 Å². The molecule has 0 unspecified atom stereocenters. The average molecular weight is 716 g/mol. The van der Waals surface area contributed by atoms with E-state index in [1.165, 1.54) is 32.7 Å². The molecular weight excluding hydrogens is 683 g/mol. The third kappa shape index (κ3) is 5.13. The van der Waals surface area contributed by atoms with Crippen LogP contribution in [0.1, 0.15) is 0 Å². The number of rotatable bonds is 6. The minimum atomic E-state index is 0.613. The van der Waals surface area contributed by atoms with E-state index in [4.69, 9.17) is 15.0 Å². The molecule has 0 amide bonds. The van der Waals surface area contributed by atoms with E-state index < -0.39 is 0 Å². The van der Waals surface area contributed by atoms with Crippen LogP contribution in [0.3, 0.4) is 0 Å². The molecular formula is C51H33N5. The summed E-state index contributed by atoms with van der Waals surface area (Å²) in [6.45, 7) is 0. The minimum absolute atomic E-state index is 0.613. The second-order valence-electron chi connectivity index (χ2n) is 14.0. The lowest BCUT2D eigenvalue weighted by Gasteiger charge is -2.16. The molecule has 0 spiro atoms. The van der Waals surface area contributed by atoms with Gasteiger partial charge in [-0.05, 0) is 47.5 Å². The lowest BCUT2D eigenvalue weighted by Crippen LogP contribution is -2.04. The second-order valence-corrected chi connectivity index (χ2v) is 14.0. The van der Waals surface area contributed by atoms with Crippen LogP contribution in [0, 0.1) is 0 Å². The highest BCUT2D eigenvalue weighted by Crippen LogP contribution is 2.43. The molecule has 8 aromatic carbocycles. The monoisotopic (exact) mass is 715 g/mol. The standard InChI is InChI=1S/C51H33N5/c1-4-17-34(18-5-1)37-23-16-24-38(33-37)55-44-28-13-10-25-39(44)41-31-32-42-40-26-11-14-29-45(40)56(48(42)47(41)55)46-30-15-12-27-43(46)51-53-49(35-19-6-2-7-20-35)52-50(54-51)36-21-8-3-9-22-36/h1-33H. The number of fused-ring (bicyclic) bond motifs is 7. The molecule has 3 aromatic heterocycles. The van der Waals surface area contributed by atoms with E-state index in [9.17, 15) is 0 Å². The highest BCUT2D eigenvalue weighted by Gasteiger charge is 2.23. The van der Waals surface area contributed by atoms with Crippen molar-refractivity contribution in [2.75, 3.05) is 0 Å². The second kappa shape index (κ2) is 13.0. The van der Waals surface area contributed by atoms with E-state index in [1.54, 1.807) is 0 Å². The molecule has 0 saturated carbocycles. The summed E-state index contributed by atoms with van der Waals surface area (Å²) in [6, 6.07) is 70.3. The van der Waals surface area contributed by atoms with Gasteiger partial charge in [0.05, 0.1) is 27.8 Å². The van der Waals surface area contributed by atoms with Gasteiger partial charge in [-0.15, -0.1) is 0 Å². The van der Waals surface area contributed by atoms with Gasteiger partial charge in [0.2, 0.25) is 0 Å². The van der Waals surface area contributed by atoms with Crippen molar-refractivity contribution < 1.29 is 0 Å². The molecule has 0 aliphatic rings. The highest BCUT2D eigenvalue weighted by atomic mass is 15.1. The lowest BCUT2D eigenvalue weighted by atomic mass is 10.1. The summed E-state index contributed by atoms with van der Waals surface area (Å²) in [5.41, 5.74) is 11.8. The Bertz CT molecular complexity index is 3180. The van der Waals surface area contributed by atoms with E-state index in [2.05, 4.69) is 173 Å². The first-order valence-corrected chi connectivity index (χ1v) is 18.9. The largest absolute Gasteiger partial charge is 0.307 e. The van der Waals surface area contributed by atoms with Crippen LogP contribution in [0.4, 0.5) is 0 Å². The predicted molar refractivity (Wildman–Crippen MR) is 230 cm³/mol. The summed E-state index contributed by atoms with van der Waals surface area (Å²) >= 11 is 0. The Balaban J connectivity index is 1.24. The van der Waals surface area contributed by atoms with E-state index >= 15 is 0 Å². The Hall–Kier alpha value is -7.63. The van der Waals surface area contributed by atoms with Crippen molar-refractivity contribution in [2.45, 2.75) is 0 Å². The first-order chi connectivity index (χ1) is 27.8. The van der Waals surface area contributed by atoms with Crippen LogP contribution in [-0.2, 0) is 0 Å². The van der Waals surface area contributed by atoms with Gasteiger partial charge in [0.25, 0.3) is 0 Å². The van der Waals surface area contributed by atoms with Crippen LogP contribution in [-0.4, -0.2) is 24.1 Å². The fourth-order valence-electron chi connectivity index (χ4n) is 8.26. The van der Waals surface area contributed by atoms with Gasteiger partial charge >= 0.3 is 0 Å². The van der Waals surface area contributed by atoms with Crippen molar-refractivity contribution in [3.8, 4) is 56.7 Å². The van der Waals surface area contributed by atoms with Crippen molar-refractivity contribution in [1.29, 1.82) is 0 Å². The van der Waals surface area contributed by atoms with Crippen molar-refractivity contribution in [3.05, 3.63) is 200 Å². The van der Waals surface area contributed by atoms with Gasteiger partial charge in [-0.2, -0.15) is 0 Å². The topological polar surface area (TPSA) is 48.5 Å². The van der Waals surface area contributed by atoms with Gasteiger partial charge in [0.1, 0.15) is 0 Å². The highest BCUT2D eigenvalue weighted by molar-refractivity contribution is 6.24. The van der Waals surface area contributed by atoms with Crippen LogP contribution >= 0.6 is 0 Å². The molecule has 5 heteroatoms. The fraction of sp³-hybridized carbons (Fsp3) is 0. The zero-order valence-electron chi connectivity index (χ0n) is 30.3. The van der Waals surface area contributed by atoms with Gasteiger partial charge in [-0.3, -0.25) is 0 Å². The Morgan fingerprint density at radius 2 is 0.768 bits per heavy atom. The van der Waals surface area contributed by atoms with Crippen LogP contribution in [0.15, 0.2) is 200 Å². The normalized spacial score (nSPS) is 11.6. The summed E-state index contributed by atoms with van der Waals surface area (Å²) in [5.74, 6) is 1.88. The van der Waals surface area contributed by atoms with Crippen LogP contribution in [0.25, 0.3) is 100 Å². The number of benzene rings is 8. The number of para-hydroxylation sites is 3. The molecule has 0 radical (unpaired) electrons. The Morgan fingerprint density at radius 1 is 0.304 bits per heavy atom. The van der Waals surface area contributed by atoms with Crippen molar-refractivity contribution in [2.24, 2.45) is 0 Å². The third-order valence-electron chi connectivity index (χ3n) is 10.8. The van der Waals surface area contributed by atoms with Crippen molar-refractivity contribution in [3.63, 3.8) is 0 Å². The predicted octanol–water partition coefficient (Wildman–Crippen LogP) is 12.7. The maximum atomic E-state index is 5.19. The molecule has 0 atom stereocenters. The summed E-state index contributed by atoms with van der Waals surface area (Å²) in [6.07, 6.45) is 0. The molecule has 0 fully saturated rings. The summed E-state index contributed by atoms with van der Waals surface area (Å²) in [4.78, 5) is 15.4. The first kappa shape index (κ1) is 31.9. The summed E-state index contributed by atoms with van der Waals surface area (Å²) in [5, 5.41) is 4.76. The molecule has 0 N–H and O–H groups in total. The number of hydrogen-bond acceptors (Lipinski definition) is 3. The van der Waals surface area contributed by atoms with Gasteiger partial charge in [-0.25, -0.2) is 15.0 Å². The summed E-state index contributed by atoms with van der Waals surface area (Å²) in [7, 11) is 0. The maximum absolute atomic E-state index is 5.19. The van der Waals surface area contributed by atoms with E-state index in [1.807, 2.05) is 36.4 Å². The van der Waals surface area contributed by atoms with Crippen LogP contribution in [0.5, 0.6) is 0 Å². The minimum Gasteiger partial charge on any atom is -0.307 e. The Morgan fingerprint density at radius 3 is 1.39 bits per heavy atom. The molecule has 0 bridgehead atoms. The van der Waals surface area contributed by atoms with Gasteiger partial charge in [0, 0.05) is 43.9 Å². The van der Waals surface area contributed by atoms with Crippen molar-refractivity contribution in [1.82, 2.24) is 24.1 Å². The lowest BCUT2D eigenvalue weighted by molar-refractivity contribution is 1.06. The number of hydrogen-bond donors (Lipinski definition) is 0. The van der Waals surface area contributed by atoms with E-state index in [0.717, 1.165) is 50.1 Å². The van der Waals surface area contributed by atoms with Crippen molar-refractivity contribution >= 4 is 43.6 Å². The molecule has 3 heterocycles. The zero-order chi connectivity index (χ0) is 37.0. The SMILES string of the molecule is c1ccc(-c2cccc(-n3c4ccccc4c4ccc5c6ccccc6n(-c6ccccc6-c6nc(-c7ccccc7)nc(-c7ccccc7)n6)c5c43)c2)cc1. The molecule has 262 valence electrons. The average Bonchev–Trinajstić information content (AvgIpc) is 3.80. The zero-order valence-corrected chi connectivity index (χ0v) is 30.3. The van der Waals surface area contributed by atoms with E-state index in [-0.39, 0.29) is 0 Å². The quantitative estimate of drug-likeness (QED) is 0.172. The molecule has 0 saturated heterocycles. The Labute approximate surface area is 323 Å². The number of aromatic nitrogens is 5. The molecule has 56 heavy (non-hydrogen) atoms. The van der Waals surface area contributed by atoms with Crippen LogP contribution in [0.2, 0.25) is 0 Å². The first-order valence-electron chi connectivity index (χ1n) is 18.9. The molecule has 0 aliphatic heterocycles. The molecule has 0 aliphatic carbocycles. The molecule has 11 aromatic rings. The smallest absolute Gasteiger partial charge is 0.166 e. The number of nitrogens with zero attached hydrogens (tertiary/aromatic N) is 5. The fourth-order valence-corrected chi connectivity index (χ4v) is 8.26. The maximum Gasteiger partial charge on any atom is 0.166 e. The third-order valence-corrected chi connectivity index (χ3v) is 10.8.